The molecule has 6 nitrogen and oxygen atoms in total. The average Bonchev–Trinajstić information content (AvgIpc) is 2.63. The molecule has 2 rings (SSSR count). The second-order valence-electron chi connectivity index (χ2n) is 7.10. The van der Waals surface area contributed by atoms with Crippen molar-refractivity contribution in [2.75, 3.05) is 44.7 Å². The zero-order valence-electron chi connectivity index (χ0n) is 16.5. The van der Waals surface area contributed by atoms with E-state index < -0.39 is 9.84 Å². The minimum absolute atomic E-state index is 0.202. The van der Waals surface area contributed by atoms with Crippen LogP contribution in [0.1, 0.15) is 25.3 Å². The van der Waals surface area contributed by atoms with Crippen LogP contribution < -0.4 is 10.6 Å². The summed E-state index contributed by atoms with van der Waals surface area (Å²) in [7, 11) is -2.93. The van der Waals surface area contributed by atoms with E-state index in [2.05, 4.69) is 20.5 Å². The molecule has 158 valence electrons. The quantitative estimate of drug-likeness (QED) is 0.486. The van der Waals surface area contributed by atoms with E-state index in [1.54, 1.807) is 12.1 Å². The molecule has 0 aromatic heterocycles. The van der Waals surface area contributed by atoms with Gasteiger partial charge in [-0.3, -0.25) is 4.99 Å². The molecule has 0 spiro atoms. The highest BCUT2D eigenvalue weighted by molar-refractivity contribution is 7.90. The van der Waals surface area contributed by atoms with Crippen molar-refractivity contribution in [1.82, 2.24) is 15.5 Å². The summed E-state index contributed by atoms with van der Waals surface area (Å²) in [5.74, 6) is 0.611. The molecular formula is C19H30ClFN4O2S. The van der Waals surface area contributed by atoms with E-state index in [0.29, 0.717) is 36.1 Å². The maximum atomic E-state index is 13.9. The van der Waals surface area contributed by atoms with Crippen LogP contribution in [0, 0.1) is 5.82 Å². The van der Waals surface area contributed by atoms with Gasteiger partial charge in [0, 0.05) is 55.6 Å². The number of likely N-dealkylation sites (tertiary alicyclic amines) is 1. The Morgan fingerprint density at radius 3 is 2.68 bits per heavy atom. The Morgan fingerprint density at radius 1 is 1.36 bits per heavy atom. The second kappa shape index (κ2) is 11.0. The molecular weight excluding hydrogens is 403 g/mol. The highest BCUT2D eigenvalue weighted by Gasteiger charge is 2.20. The molecule has 0 aliphatic carbocycles. The van der Waals surface area contributed by atoms with Gasteiger partial charge in [0.1, 0.15) is 15.7 Å². The molecule has 28 heavy (non-hydrogen) atoms. The Bertz CT molecular complexity index is 745. The smallest absolute Gasteiger partial charge is 0.191 e. The zero-order valence-corrected chi connectivity index (χ0v) is 18.1. The molecule has 0 radical (unpaired) electrons. The molecule has 0 saturated carbocycles. The van der Waals surface area contributed by atoms with Crippen molar-refractivity contribution in [3.05, 3.63) is 34.6 Å². The number of rotatable bonds is 8. The van der Waals surface area contributed by atoms with Crippen LogP contribution in [-0.2, 0) is 16.3 Å². The third-order valence-electron chi connectivity index (χ3n) is 4.74. The number of halogens is 2. The molecule has 1 fully saturated rings. The highest BCUT2D eigenvalue weighted by Crippen LogP contribution is 2.19. The molecule has 1 aromatic rings. The number of sulfone groups is 1. The summed E-state index contributed by atoms with van der Waals surface area (Å²) >= 11 is 6.07. The van der Waals surface area contributed by atoms with Crippen LogP contribution in [0.2, 0.25) is 5.02 Å². The molecule has 2 N–H and O–H groups in total. The predicted molar refractivity (Wildman–Crippen MR) is 113 cm³/mol. The molecule has 1 aliphatic rings. The van der Waals surface area contributed by atoms with Crippen molar-refractivity contribution in [2.45, 2.75) is 32.2 Å². The Balaban J connectivity index is 1.83. The van der Waals surface area contributed by atoms with Gasteiger partial charge in [0.2, 0.25) is 0 Å². The fourth-order valence-electron chi connectivity index (χ4n) is 3.16. The standard InChI is InChI=1S/C19H30ClFN4O2S/c1-3-22-19(23-10-7-16-17(20)5-4-6-18(16)21)24-15-8-11-25(12-9-15)13-14-28(2,26)27/h4-6,15H,3,7-14H2,1-2H3,(H2,22,23,24). The van der Waals surface area contributed by atoms with Gasteiger partial charge in [0.25, 0.3) is 0 Å². The minimum Gasteiger partial charge on any atom is -0.357 e. The van der Waals surface area contributed by atoms with Gasteiger partial charge in [-0.15, -0.1) is 0 Å². The molecule has 1 saturated heterocycles. The van der Waals surface area contributed by atoms with E-state index in [9.17, 15) is 12.8 Å². The van der Waals surface area contributed by atoms with Crippen molar-refractivity contribution < 1.29 is 12.8 Å². The molecule has 0 amide bonds. The Hall–Kier alpha value is -1.38. The average molecular weight is 433 g/mol. The number of nitrogens with zero attached hydrogens (tertiary/aromatic N) is 2. The summed E-state index contributed by atoms with van der Waals surface area (Å²) in [5, 5.41) is 7.08. The summed E-state index contributed by atoms with van der Waals surface area (Å²) < 4.78 is 36.5. The highest BCUT2D eigenvalue weighted by atomic mass is 35.5. The summed E-state index contributed by atoms with van der Waals surface area (Å²) in [6.45, 7) is 5.47. The topological polar surface area (TPSA) is 73.8 Å². The number of hydrogen-bond donors (Lipinski definition) is 2. The predicted octanol–water partition coefficient (Wildman–Crippen LogP) is 2.09. The van der Waals surface area contributed by atoms with Gasteiger partial charge in [-0.2, -0.15) is 0 Å². The number of guanidine groups is 1. The van der Waals surface area contributed by atoms with E-state index >= 15 is 0 Å². The number of hydrogen-bond acceptors (Lipinski definition) is 4. The molecule has 0 bridgehead atoms. The van der Waals surface area contributed by atoms with Crippen LogP contribution in [0.5, 0.6) is 0 Å². The lowest BCUT2D eigenvalue weighted by molar-refractivity contribution is 0.216. The number of piperidine rings is 1. The van der Waals surface area contributed by atoms with Crippen LogP contribution in [0.3, 0.4) is 0 Å². The normalized spacial score (nSPS) is 16.9. The molecule has 1 aromatic carbocycles. The third-order valence-corrected chi connectivity index (χ3v) is 6.02. The van der Waals surface area contributed by atoms with Gasteiger partial charge in [0.05, 0.1) is 5.75 Å². The van der Waals surface area contributed by atoms with Crippen molar-refractivity contribution in [3.8, 4) is 0 Å². The minimum atomic E-state index is -2.93. The maximum absolute atomic E-state index is 13.9. The van der Waals surface area contributed by atoms with Gasteiger partial charge in [-0.25, -0.2) is 12.8 Å². The van der Waals surface area contributed by atoms with E-state index in [1.165, 1.54) is 12.3 Å². The fourth-order valence-corrected chi connectivity index (χ4v) is 4.01. The zero-order chi connectivity index (χ0) is 20.6. The van der Waals surface area contributed by atoms with E-state index in [4.69, 9.17) is 11.6 Å². The van der Waals surface area contributed by atoms with Crippen LogP contribution in [0.25, 0.3) is 0 Å². The summed E-state index contributed by atoms with van der Waals surface area (Å²) in [5.41, 5.74) is 0.489. The number of benzene rings is 1. The number of aliphatic imine (C=N–C) groups is 1. The van der Waals surface area contributed by atoms with Crippen LogP contribution >= 0.6 is 11.6 Å². The van der Waals surface area contributed by atoms with Crippen molar-refractivity contribution >= 4 is 27.4 Å². The Kier molecular flexibility index (Phi) is 8.98. The van der Waals surface area contributed by atoms with Crippen LogP contribution in [0.4, 0.5) is 4.39 Å². The first kappa shape index (κ1) is 22.9. The largest absolute Gasteiger partial charge is 0.357 e. The van der Waals surface area contributed by atoms with Crippen molar-refractivity contribution in [3.63, 3.8) is 0 Å². The van der Waals surface area contributed by atoms with Crippen molar-refractivity contribution in [1.29, 1.82) is 0 Å². The lowest BCUT2D eigenvalue weighted by atomic mass is 10.1. The Morgan fingerprint density at radius 2 is 2.07 bits per heavy atom. The first-order valence-electron chi connectivity index (χ1n) is 9.66. The molecule has 0 unspecified atom stereocenters. The van der Waals surface area contributed by atoms with E-state index in [0.717, 1.165) is 32.5 Å². The monoisotopic (exact) mass is 432 g/mol. The van der Waals surface area contributed by atoms with Gasteiger partial charge in [-0.05, 0) is 38.3 Å². The maximum Gasteiger partial charge on any atom is 0.191 e. The van der Waals surface area contributed by atoms with Gasteiger partial charge in [0.15, 0.2) is 5.96 Å². The molecule has 1 aliphatic heterocycles. The second-order valence-corrected chi connectivity index (χ2v) is 9.77. The summed E-state index contributed by atoms with van der Waals surface area (Å²) in [6, 6.07) is 4.97. The molecule has 9 heteroatoms. The summed E-state index contributed by atoms with van der Waals surface area (Å²) in [6.07, 6.45) is 3.56. The first-order valence-corrected chi connectivity index (χ1v) is 12.1. The lowest BCUT2D eigenvalue weighted by Crippen LogP contribution is -2.49. The third kappa shape index (κ3) is 7.93. The van der Waals surface area contributed by atoms with Crippen LogP contribution in [-0.4, -0.2) is 70.1 Å². The van der Waals surface area contributed by atoms with Crippen LogP contribution in [0.15, 0.2) is 23.2 Å². The van der Waals surface area contributed by atoms with Gasteiger partial charge < -0.3 is 15.5 Å². The first-order chi connectivity index (χ1) is 13.3. The number of nitrogens with one attached hydrogen (secondary N) is 2. The molecule has 1 heterocycles. The van der Waals surface area contributed by atoms with E-state index in [-0.39, 0.29) is 17.6 Å². The SMILES string of the molecule is CCNC(=NCCc1c(F)cccc1Cl)NC1CCN(CCS(C)(=O)=O)CC1. The Labute approximate surface area is 172 Å². The fraction of sp³-hybridized carbons (Fsp3) is 0.632. The molecule has 0 atom stereocenters. The summed E-state index contributed by atoms with van der Waals surface area (Å²) in [4.78, 5) is 6.73. The van der Waals surface area contributed by atoms with Gasteiger partial charge in [-0.1, -0.05) is 17.7 Å². The van der Waals surface area contributed by atoms with Gasteiger partial charge >= 0.3 is 0 Å². The lowest BCUT2D eigenvalue weighted by Gasteiger charge is -2.32. The van der Waals surface area contributed by atoms with Crippen molar-refractivity contribution in [2.24, 2.45) is 4.99 Å². The van der Waals surface area contributed by atoms with E-state index in [1.807, 2.05) is 6.92 Å².